The maximum absolute atomic E-state index is 3.56. The van der Waals surface area contributed by atoms with Gasteiger partial charge in [-0.3, -0.25) is 5.10 Å². The summed E-state index contributed by atoms with van der Waals surface area (Å²) in [4.78, 5) is 3.56. The van der Waals surface area contributed by atoms with Crippen LogP contribution in [0.25, 0.3) is 11.1 Å². The minimum Gasteiger partial charge on any atom is -0.266 e. The third-order valence-electron chi connectivity index (χ3n) is 2.21. The van der Waals surface area contributed by atoms with Crippen LogP contribution < -0.4 is 0 Å². The molecule has 2 aromatic carbocycles. The Labute approximate surface area is 100 Å². The number of nitrogens with one attached hydrogen (secondary N) is 1. The molecule has 3 rings (SSSR count). The number of hydrogen-bond donors (Lipinski definition) is 1. The molecule has 0 spiro atoms. The number of H-pyrrole nitrogens is 1. The molecule has 1 heterocycles. The van der Waals surface area contributed by atoms with Crippen LogP contribution in [-0.4, -0.2) is 15.2 Å². The van der Waals surface area contributed by atoms with E-state index >= 15 is 0 Å². The van der Waals surface area contributed by atoms with Crippen molar-refractivity contribution in [3.05, 3.63) is 73.3 Å². The lowest BCUT2D eigenvalue weighted by Crippen LogP contribution is -1.73. The van der Waals surface area contributed by atoms with E-state index in [-0.39, 0.29) is 0 Å². The maximum Gasteiger partial charge on any atom is 0.137 e. The van der Waals surface area contributed by atoms with E-state index in [4.69, 9.17) is 0 Å². The van der Waals surface area contributed by atoms with E-state index < -0.39 is 0 Å². The molecule has 3 aromatic rings. The van der Waals surface area contributed by atoms with Crippen molar-refractivity contribution in [2.75, 3.05) is 0 Å². The van der Waals surface area contributed by atoms with Crippen molar-refractivity contribution in [2.24, 2.45) is 0 Å². The molecule has 17 heavy (non-hydrogen) atoms. The molecule has 0 radical (unpaired) electrons. The van der Waals surface area contributed by atoms with Gasteiger partial charge in [-0.15, -0.1) is 0 Å². The van der Waals surface area contributed by atoms with E-state index in [0.29, 0.717) is 0 Å². The van der Waals surface area contributed by atoms with Gasteiger partial charge in [-0.2, -0.15) is 5.10 Å². The highest BCUT2D eigenvalue weighted by molar-refractivity contribution is 5.62. The number of benzene rings is 2. The predicted molar refractivity (Wildman–Crippen MR) is 68.3 cm³/mol. The summed E-state index contributed by atoms with van der Waals surface area (Å²) < 4.78 is 0. The minimum absolute atomic E-state index is 1.28. The fourth-order valence-corrected chi connectivity index (χ4v) is 1.43. The normalized spacial score (nSPS) is 9.18. The highest BCUT2D eigenvalue weighted by Crippen LogP contribution is 2.17. The molecule has 1 aromatic heterocycles. The zero-order valence-electron chi connectivity index (χ0n) is 9.32. The highest BCUT2D eigenvalue weighted by Gasteiger charge is 1.91. The topological polar surface area (TPSA) is 41.6 Å². The summed E-state index contributed by atoms with van der Waals surface area (Å²) in [5.74, 6) is 0. The molecule has 0 aliphatic carbocycles. The average molecular weight is 223 g/mol. The molecule has 0 aliphatic heterocycles. The Morgan fingerprint density at radius 3 is 1.53 bits per heavy atom. The van der Waals surface area contributed by atoms with Gasteiger partial charge in [-0.25, -0.2) is 4.98 Å². The van der Waals surface area contributed by atoms with Crippen LogP contribution in [0.2, 0.25) is 0 Å². The van der Waals surface area contributed by atoms with Crippen molar-refractivity contribution < 1.29 is 0 Å². The smallest absolute Gasteiger partial charge is 0.137 e. The Balaban J connectivity index is 0.000000181. The summed E-state index contributed by atoms with van der Waals surface area (Å²) in [5, 5.41) is 5.99. The molecule has 84 valence electrons. The third-order valence-corrected chi connectivity index (χ3v) is 2.21. The Hall–Kier alpha value is -2.42. The van der Waals surface area contributed by atoms with Crippen LogP contribution in [0.5, 0.6) is 0 Å². The van der Waals surface area contributed by atoms with E-state index in [0.717, 1.165) is 0 Å². The van der Waals surface area contributed by atoms with Crippen LogP contribution in [0.3, 0.4) is 0 Å². The summed E-state index contributed by atoms with van der Waals surface area (Å²) in [7, 11) is 0. The van der Waals surface area contributed by atoms with Gasteiger partial charge in [-0.05, 0) is 11.1 Å². The summed E-state index contributed by atoms with van der Waals surface area (Å²) in [5.41, 5.74) is 2.55. The number of rotatable bonds is 1. The van der Waals surface area contributed by atoms with Crippen molar-refractivity contribution in [1.29, 1.82) is 0 Å². The zero-order valence-corrected chi connectivity index (χ0v) is 9.32. The van der Waals surface area contributed by atoms with Gasteiger partial charge < -0.3 is 0 Å². The van der Waals surface area contributed by atoms with Crippen LogP contribution in [0, 0.1) is 0 Å². The van der Waals surface area contributed by atoms with Gasteiger partial charge in [0.1, 0.15) is 12.7 Å². The Morgan fingerprint density at radius 2 is 1.24 bits per heavy atom. The van der Waals surface area contributed by atoms with Gasteiger partial charge in [0.15, 0.2) is 0 Å². The average Bonchev–Trinajstić information content (AvgIpc) is 3.00. The van der Waals surface area contributed by atoms with E-state index in [2.05, 4.69) is 63.7 Å². The zero-order chi connectivity index (χ0) is 11.8. The predicted octanol–water partition coefficient (Wildman–Crippen LogP) is 3.16. The molecule has 0 saturated heterocycles. The lowest BCUT2D eigenvalue weighted by atomic mass is 10.1. The molecule has 1 N–H and O–H groups in total. The van der Waals surface area contributed by atoms with Gasteiger partial charge in [0.05, 0.1) is 0 Å². The van der Waals surface area contributed by atoms with E-state index in [1.165, 1.54) is 23.8 Å². The van der Waals surface area contributed by atoms with Gasteiger partial charge in [0.25, 0.3) is 0 Å². The van der Waals surface area contributed by atoms with Crippen LogP contribution >= 0.6 is 0 Å². The molecule has 0 fully saturated rings. The fraction of sp³-hybridized carbons (Fsp3) is 0. The standard InChI is InChI=1S/C12H10.C2H3N3/c1-3-7-11(8-4-1)12-9-5-2-6-10-12;1-3-2-5-4-1/h1-10H;1-2H,(H,3,4,5). The summed E-state index contributed by atoms with van der Waals surface area (Å²) in [6.45, 7) is 0. The largest absolute Gasteiger partial charge is 0.266 e. The third kappa shape index (κ3) is 3.57. The molecule has 0 unspecified atom stereocenters. The number of nitrogens with zero attached hydrogens (tertiary/aromatic N) is 2. The van der Waals surface area contributed by atoms with Crippen molar-refractivity contribution in [3.63, 3.8) is 0 Å². The van der Waals surface area contributed by atoms with Gasteiger partial charge in [0, 0.05) is 0 Å². The van der Waals surface area contributed by atoms with Gasteiger partial charge in [-0.1, -0.05) is 60.7 Å². The molecule has 3 nitrogen and oxygen atoms in total. The van der Waals surface area contributed by atoms with Crippen LogP contribution in [0.15, 0.2) is 73.3 Å². The molecule has 0 saturated carbocycles. The first-order valence-electron chi connectivity index (χ1n) is 5.36. The number of aromatic amines is 1. The van der Waals surface area contributed by atoms with Crippen LogP contribution in [-0.2, 0) is 0 Å². The summed E-state index contributed by atoms with van der Waals surface area (Å²) in [6.07, 6.45) is 2.96. The summed E-state index contributed by atoms with van der Waals surface area (Å²) >= 11 is 0. The molecule has 0 aliphatic rings. The van der Waals surface area contributed by atoms with Crippen molar-refractivity contribution >= 4 is 0 Å². The molecule has 0 atom stereocenters. The Morgan fingerprint density at radius 1 is 0.706 bits per heavy atom. The van der Waals surface area contributed by atoms with Crippen LogP contribution in [0.4, 0.5) is 0 Å². The number of aromatic nitrogens is 3. The molecular weight excluding hydrogens is 210 g/mol. The molecular formula is C14H13N3. The van der Waals surface area contributed by atoms with E-state index in [1.54, 1.807) is 0 Å². The van der Waals surface area contributed by atoms with Gasteiger partial charge in [0.2, 0.25) is 0 Å². The SMILES string of the molecule is c1ccc(-c2ccccc2)cc1.c1nc[nH]n1. The lowest BCUT2D eigenvalue weighted by Gasteiger charge is -1.98. The second kappa shape index (κ2) is 6.23. The first-order valence-corrected chi connectivity index (χ1v) is 5.36. The fourth-order valence-electron chi connectivity index (χ4n) is 1.43. The molecule has 0 bridgehead atoms. The highest BCUT2D eigenvalue weighted by atomic mass is 15.2. The number of hydrogen-bond acceptors (Lipinski definition) is 2. The van der Waals surface area contributed by atoms with Crippen molar-refractivity contribution in [3.8, 4) is 11.1 Å². The molecule has 3 heteroatoms. The first kappa shape index (κ1) is 11.1. The quantitative estimate of drug-likeness (QED) is 0.688. The van der Waals surface area contributed by atoms with E-state index in [9.17, 15) is 0 Å². The Bertz CT molecular complexity index is 449. The minimum atomic E-state index is 1.28. The second-order valence-electron chi connectivity index (χ2n) is 3.38. The van der Waals surface area contributed by atoms with Crippen LogP contribution in [0.1, 0.15) is 0 Å². The maximum atomic E-state index is 3.56. The Kier molecular flexibility index (Phi) is 4.06. The lowest BCUT2D eigenvalue weighted by molar-refractivity contribution is 1.09. The van der Waals surface area contributed by atoms with E-state index in [1.807, 2.05) is 12.1 Å². The monoisotopic (exact) mass is 223 g/mol. The molecule has 0 amide bonds. The van der Waals surface area contributed by atoms with Gasteiger partial charge >= 0.3 is 0 Å². The van der Waals surface area contributed by atoms with Crippen molar-refractivity contribution in [1.82, 2.24) is 15.2 Å². The summed E-state index contributed by atoms with van der Waals surface area (Å²) in [6, 6.07) is 20.8. The second-order valence-corrected chi connectivity index (χ2v) is 3.38. The first-order chi connectivity index (χ1) is 8.47. The van der Waals surface area contributed by atoms with Crippen molar-refractivity contribution in [2.45, 2.75) is 0 Å².